The van der Waals surface area contributed by atoms with Crippen molar-refractivity contribution in [3.8, 4) is 0 Å². The molecule has 5 heteroatoms. The predicted octanol–water partition coefficient (Wildman–Crippen LogP) is 2.47. The molecule has 104 valence electrons. The zero-order chi connectivity index (χ0) is 14.0. The maximum atomic E-state index is 11.1. The molecule has 2 aromatic rings. The lowest BCUT2D eigenvalue weighted by atomic mass is 9.72. The third-order valence-corrected chi connectivity index (χ3v) is 4.17. The number of carbonyl (C=O) groups is 1. The van der Waals surface area contributed by atoms with Crippen molar-refractivity contribution in [2.75, 3.05) is 13.1 Å². The van der Waals surface area contributed by atoms with Gasteiger partial charge in [0.1, 0.15) is 5.82 Å². The van der Waals surface area contributed by atoms with E-state index in [4.69, 9.17) is 5.11 Å². The fraction of sp³-hybridized carbons (Fsp3) is 0.333. The van der Waals surface area contributed by atoms with Gasteiger partial charge in [-0.05, 0) is 18.4 Å². The summed E-state index contributed by atoms with van der Waals surface area (Å²) in [7, 11) is 0. The number of aromatic amines is 1. The van der Waals surface area contributed by atoms with Crippen LogP contribution < -0.4 is 0 Å². The molecule has 0 bridgehead atoms. The number of rotatable bonds is 2. The smallest absolute Gasteiger partial charge is 0.407 e. The highest BCUT2D eigenvalue weighted by Gasteiger charge is 2.40. The highest BCUT2D eigenvalue weighted by atomic mass is 16.4. The summed E-state index contributed by atoms with van der Waals surface area (Å²) in [5, 5.41) is 9.11. The molecule has 1 fully saturated rings. The van der Waals surface area contributed by atoms with Gasteiger partial charge in [-0.15, -0.1) is 0 Å². The third kappa shape index (κ3) is 2.05. The minimum atomic E-state index is -0.842. The second-order valence-corrected chi connectivity index (χ2v) is 5.16. The van der Waals surface area contributed by atoms with Gasteiger partial charge in [-0.2, -0.15) is 0 Å². The Bertz CT molecular complexity index is 572. The molecule has 0 saturated carbocycles. The van der Waals surface area contributed by atoms with Gasteiger partial charge in [0.25, 0.3) is 0 Å². The van der Waals surface area contributed by atoms with Crippen LogP contribution in [0.2, 0.25) is 0 Å². The van der Waals surface area contributed by atoms with Crippen molar-refractivity contribution >= 4 is 6.09 Å². The predicted molar refractivity (Wildman–Crippen MR) is 74.6 cm³/mol. The van der Waals surface area contributed by atoms with E-state index in [1.165, 1.54) is 10.5 Å². The molecular formula is C15H17N3O2. The Kier molecular flexibility index (Phi) is 3.18. The molecule has 20 heavy (non-hydrogen) atoms. The number of aromatic nitrogens is 2. The first-order valence-electron chi connectivity index (χ1n) is 6.76. The number of carboxylic acid groups (broad SMARTS) is 1. The molecule has 1 amide bonds. The Labute approximate surface area is 117 Å². The van der Waals surface area contributed by atoms with E-state index < -0.39 is 6.09 Å². The fourth-order valence-electron chi connectivity index (χ4n) is 3.03. The van der Waals surface area contributed by atoms with Crippen LogP contribution in [0.25, 0.3) is 0 Å². The van der Waals surface area contributed by atoms with E-state index in [0.717, 1.165) is 18.7 Å². The highest BCUT2D eigenvalue weighted by molar-refractivity contribution is 5.65. The van der Waals surface area contributed by atoms with Gasteiger partial charge < -0.3 is 15.0 Å². The second-order valence-electron chi connectivity index (χ2n) is 5.16. The molecule has 2 heterocycles. The number of nitrogens with zero attached hydrogens (tertiary/aromatic N) is 2. The summed E-state index contributed by atoms with van der Waals surface area (Å²) in [6.45, 7) is 1.07. The molecule has 1 aliphatic rings. The van der Waals surface area contributed by atoms with Crippen molar-refractivity contribution in [1.82, 2.24) is 14.9 Å². The molecule has 3 rings (SSSR count). The number of likely N-dealkylation sites (tertiary alicyclic amines) is 1. The van der Waals surface area contributed by atoms with E-state index in [1.54, 1.807) is 6.20 Å². The summed E-state index contributed by atoms with van der Waals surface area (Å²) < 4.78 is 0. The lowest BCUT2D eigenvalue weighted by Gasteiger charge is -2.40. The first-order chi connectivity index (χ1) is 9.72. The van der Waals surface area contributed by atoms with Crippen LogP contribution in [0.15, 0.2) is 42.7 Å². The molecule has 0 aliphatic carbocycles. The largest absolute Gasteiger partial charge is 0.465 e. The van der Waals surface area contributed by atoms with Crippen molar-refractivity contribution in [2.24, 2.45) is 0 Å². The van der Waals surface area contributed by atoms with Crippen molar-refractivity contribution in [2.45, 2.75) is 18.3 Å². The first-order valence-corrected chi connectivity index (χ1v) is 6.76. The number of piperidine rings is 1. The van der Waals surface area contributed by atoms with Crippen molar-refractivity contribution in [3.05, 3.63) is 54.1 Å². The van der Waals surface area contributed by atoms with Gasteiger partial charge in [-0.3, -0.25) is 0 Å². The number of nitrogens with one attached hydrogen (secondary N) is 1. The molecule has 0 spiro atoms. The van der Waals surface area contributed by atoms with Gasteiger partial charge in [0, 0.05) is 25.5 Å². The Hall–Kier alpha value is -2.30. The lowest BCUT2D eigenvalue weighted by Crippen LogP contribution is -2.45. The van der Waals surface area contributed by atoms with Crippen LogP contribution in [0.3, 0.4) is 0 Å². The first kappa shape index (κ1) is 12.7. The van der Waals surface area contributed by atoms with E-state index in [9.17, 15) is 4.79 Å². The van der Waals surface area contributed by atoms with Crippen molar-refractivity contribution in [3.63, 3.8) is 0 Å². The fourth-order valence-corrected chi connectivity index (χ4v) is 3.03. The van der Waals surface area contributed by atoms with E-state index in [2.05, 4.69) is 22.1 Å². The summed E-state index contributed by atoms with van der Waals surface area (Å²) in [5.74, 6) is 0.925. The minimum absolute atomic E-state index is 0.212. The van der Waals surface area contributed by atoms with Gasteiger partial charge >= 0.3 is 6.09 Å². The molecule has 2 N–H and O–H groups in total. The summed E-state index contributed by atoms with van der Waals surface area (Å²) >= 11 is 0. The number of benzene rings is 1. The average molecular weight is 271 g/mol. The van der Waals surface area contributed by atoms with Gasteiger partial charge in [0.15, 0.2) is 0 Å². The van der Waals surface area contributed by atoms with E-state index >= 15 is 0 Å². The Morgan fingerprint density at radius 3 is 2.50 bits per heavy atom. The zero-order valence-corrected chi connectivity index (χ0v) is 11.1. The standard InChI is InChI=1S/C15H17N3O2/c19-14(20)18-10-6-15(7-11-18,13-16-8-9-17-13)12-4-2-1-3-5-12/h1-5,8-9H,6-7,10-11H2,(H,16,17)(H,19,20). The second kappa shape index (κ2) is 5.00. The molecule has 0 atom stereocenters. The van der Waals surface area contributed by atoms with Crippen LogP contribution in [0, 0.1) is 0 Å². The number of hydrogen-bond donors (Lipinski definition) is 2. The molecule has 1 saturated heterocycles. The summed E-state index contributed by atoms with van der Waals surface area (Å²) in [6.07, 6.45) is 4.23. The lowest BCUT2D eigenvalue weighted by molar-refractivity contribution is 0.121. The molecule has 0 unspecified atom stereocenters. The maximum absolute atomic E-state index is 11.1. The Balaban J connectivity index is 1.97. The van der Waals surface area contributed by atoms with E-state index in [1.807, 2.05) is 24.4 Å². The van der Waals surface area contributed by atoms with Gasteiger partial charge in [0.2, 0.25) is 0 Å². The van der Waals surface area contributed by atoms with Crippen LogP contribution in [-0.4, -0.2) is 39.2 Å². The number of H-pyrrole nitrogens is 1. The molecule has 1 aromatic carbocycles. The van der Waals surface area contributed by atoms with Crippen LogP contribution in [-0.2, 0) is 5.41 Å². The number of hydrogen-bond acceptors (Lipinski definition) is 2. The van der Waals surface area contributed by atoms with Gasteiger partial charge in [-0.1, -0.05) is 30.3 Å². The topological polar surface area (TPSA) is 69.2 Å². The average Bonchev–Trinajstić information content (AvgIpc) is 3.03. The molecule has 0 radical (unpaired) electrons. The number of amides is 1. The zero-order valence-electron chi connectivity index (χ0n) is 11.1. The third-order valence-electron chi connectivity index (χ3n) is 4.17. The van der Waals surface area contributed by atoms with Crippen LogP contribution in [0.1, 0.15) is 24.2 Å². The van der Waals surface area contributed by atoms with Crippen molar-refractivity contribution in [1.29, 1.82) is 0 Å². The van der Waals surface area contributed by atoms with Crippen LogP contribution in [0.5, 0.6) is 0 Å². The highest BCUT2D eigenvalue weighted by Crippen LogP contribution is 2.39. The summed E-state index contributed by atoms with van der Waals surface area (Å²) in [6, 6.07) is 10.2. The van der Waals surface area contributed by atoms with Gasteiger partial charge in [-0.25, -0.2) is 9.78 Å². The number of imidazole rings is 1. The monoisotopic (exact) mass is 271 g/mol. The minimum Gasteiger partial charge on any atom is -0.465 e. The normalized spacial score (nSPS) is 17.9. The Morgan fingerprint density at radius 1 is 1.25 bits per heavy atom. The molecule has 5 nitrogen and oxygen atoms in total. The summed E-state index contributed by atoms with van der Waals surface area (Å²) in [5.41, 5.74) is 0.983. The quantitative estimate of drug-likeness (QED) is 0.881. The molecule has 1 aliphatic heterocycles. The summed E-state index contributed by atoms with van der Waals surface area (Å²) in [4.78, 5) is 20.2. The van der Waals surface area contributed by atoms with Crippen LogP contribution in [0.4, 0.5) is 4.79 Å². The SMILES string of the molecule is O=C(O)N1CCC(c2ccccc2)(c2ncc[nH]2)CC1. The molecular weight excluding hydrogens is 254 g/mol. The molecule has 1 aromatic heterocycles. The van der Waals surface area contributed by atoms with Crippen LogP contribution >= 0.6 is 0 Å². The Morgan fingerprint density at radius 2 is 1.95 bits per heavy atom. The van der Waals surface area contributed by atoms with E-state index in [-0.39, 0.29) is 5.41 Å². The van der Waals surface area contributed by atoms with E-state index in [0.29, 0.717) is 13.1 Å². The van der Waals surface area contributed by atoms with Crippen molar-refractivity contribution < 1.29 is 9.90 Å². The van der Waals surface area contributed by atoms with Gasteiger partial charge in [0.05, 0.1) is 5.41 Å². The maximum Gasteiger partial charge on any atom is 0.407 e.